The third-order valence-electron chi connectivity index (χ3n) is 3.86. The van der Waals surface area contributed by atoms with E-state index in [2.05, 4.69) is 45.6 Å². The molecule has 3 nitrogen and oxygen atoms in total. The van der Waals surface area contributed by atoms with Crippen LogP contribution in [-0.2, 0) is 13.0 Å². The zero-order valence-electron chi connectivity index (χ0n) is 10.6. The molecule has 0 radical (unpaired) electrons. The maximum Gasteiger partial charge on any atom is 0.137 e. The van der Waals surface area contributed by atoms with Crippen molar-refractivity contribution in [3.05, 3.63) is 53.9 Å². The Morgan fingerprint density at radius 2 is 2.05 bits per heavy atom. The fraction of sp³-hybridized carbons (Fsp3) is 0.188. The number of rotatable bonds is 1. The van der Waals surface area contributed by atoms with Gasteiger partial charge < -0.3 is 10.3 Å². The highest BCUT2D eigenvalue weighted by molar-refractivity contribution is 5.92. The first-order valence-corrected chi connectivity index (χ1v) is 6.67. The second kappa shape index (κ2) is 4.21. The Hall–Kier alpha value is -2.13. The molecule has 2 N–H and O–H groups in total. The van der Waals surface area contributed by atoms with Gasteiger partial charge >= 0.3 is 0 Å². The summed E-state index contributed by atoms with van der Waals surface area (Å²) in [6.07, 6.45) is 4.93. The van der Waals surface area contributed by atoms with E-state index in [1.54, 1.807) is 0 Å². The average molecular weight is 249 g/mol. The van der Waals surface area contributed by atoms with Crippen LogP contribution < -0.4 is 5.32 Å². The SMILES string of the molecule is c1cc(-c2ccc3c(c2)CCNC3)c2cc[nH]c2n1. The Bertz CT molecular complexity index is 743. The average Bonchev–Trinajstić information content (AvgIpc) is 2.95. The summed E-state index contributed by atoms with van der Waals surface area (Å²) in [6.45, 7) is 2.07. The minimum Gasteiger partial charge on any atom is -0.346 e. The molecular formula is C16H15N3. The lowest BCUT2D eigenvalue weighted by molar-refractivity contribution is 0.644. The van der Waals surface area contributed by atoms with Crippen molar-refractivity contribution < 1.29 is 0 Å². The Morgan fingerprint density at radius 1 is 1.05 bits per heavy atom. The number of H-pyrrole nitrogens is 1. The lowest BCUT2D eigenvalue weighted by Crippen LogP contribution is -2.23. The van der Waals surface area contributed by atoms with E-state index < -0.39 is 0 Å². The van der Waals surface area contributed by atoms with Gasteiger partial charge in [0.15, 0.2) is 0 Å². The van der Waals surface area contributed by atoms with Gasteiger partial charge in [-0.05, 0) is 47.4 Å². The number of pyridine rings is 1. The minimum absolute atomic E-state index is 0.955. The Balaban J connectivity index is 1.90. The zero-order valence-corrected chi connectivity index (χ0v) is 10.6. The van der Waals surface area contributed by atoms with Crippen LogP contribution in [0.1, 0.15) is 11.1 Å². The Labute approximate surface area is 111 Å². The summed E-state index contributed by atoms with van der Waals surface area (Å²) in [5.41, 5.74) is 6.39. The minimum atomic E-state index is 0.955. The van der Waals surface area contributed by atoms with E-state index >= 15 is 0 Å². The lowest BCUT2D eigenvalue weighted by atomic mass is 9.95. The molecule has 1 aliphatic heterocycles. The maximum absolute atomic E-state index is 4.35. The fourth-order valence-electron chi connectivity index (χ4n) is 2.86. The summed E-state index contributed by atoms with van der Waals surface area (Å²) in [6, 6.07) is 11.0. The molecule has 94 valence electrons. The number of hydrogen-bond acceptors (Lipinski definition) is 2. The molecule has 0 saturated carbocycles. The van der Waals surface area contributed by atoms with Gasteiger partial charge in [0.25, 0.3) is 0 Å². The molecule has 0 spiro atoms. The number of aromatic nitrogens is 2. The van der Waals surface area contributed by atoms with Gasteiger partial charge in [0.05, 0.1) is 0 Å². The summed E-state index contributed by atoms with van der Waals surface area (Å²) in [5.74, 6) is 0. The van der Waals surface area contributed by atoms with Crippen LogP contribution in [0.3, 0.4) is 0 Å². The topological polar surface area (TPSA) is 40.7 Å². The van der Waals surface area contributed by atoms with Crippen molar-refractivity contribution in [3.63, 3.8) is 0 Å². The van der Waals surface area contributed by atoms with Crippen molar-refractivity contribution in [2.24, 2.45) is 0 Å². The first kappa shape index (κ1) is 10.8. The van der Waals surface area contributed by atoms with E-state index in [0.717, 1.165) is 25.2 Å². The van der Waals surface area contributed by atoms with E-state index in [1.807, 2.05) is 12.4 Å². The third-order valence-corrected chi connectivity index (χ3v) is 3.86. The second-order valence-electron chi connectivity index (χ2n) is 5.01. The Morgan fingerprint density at radius 3 is 3.05 bits per heavy atom. The molecule has 0 fully saturated rings. The van der Waals surface area contributed by atoms with E-state index in [-0.39, 0.29) is 0 Å². The summed E-state index contributed by atoms with van der Waals surface area (Å²) < 4.78 is 0. The molecule has 3 heteroatoms. The van der Waals surface area contributed by atoms with Crippen molar-refractivity contribution in [1.82, 2.24) is 15.3 Å². The van der Waals surface area contributed by atoms with Crippen LogP contribution in [0.15, 0.2) is 42.7 Å². The van der Waals surface area contributed by atoms with Gasteiger partial charge in [0, 0.05) is 24.3 Å². The quantitative estimate of drug-likeness (QED) is 0.696. The van der Waals surface area contributed by atoms with Crippen molar-refractivity contribution in [3.8, 4) is 11.1 Å². The van der Waals surface area contributed by atoms with Gasteiger partial charge in [-0.3, -0.25) is 0 Å². The maximum atomic E-state index is 4.35. The number of nitrogens with zero attached hydrogens (tertiary/aromatic N) is 1. The molecular weight excluding hydrogens is 234 g/mol. The second-order valence-corrected chi connectivity index (χ2v) is 5.01. The predicted octanol–water partition coefficient (Wildman–Crippen LogP) is 2.88. The van der Waals surface area contributed by atoms with Crippen LogP contribution in [0.5, 0.6) is 0 Å². The van der Waals surface area contributed by atoms with Gasteiger partial charge in [-0.15, -0.1) is 0 Å². The number of aromatic amines is 1. The molecule has 19 heavy (non-hydrogen) atoms. The van der Waals surface area contributed by atoms with Crippen molar-refractivity contribution in [2.75, 3.05) is 6.54 Å². The van der Waals surface area contributed by atoms with E-state index in [0.29, 0.717) is 0 Å². The van der Waals surface area contributed by atoms with Crippen LogP contribution in [0.2, 0.25) is 0 Å². The molecule has 0 saturated heterocycles. The highest BCUT2D eigenvalue weighted by Crippen LogP contribution is 2.29. The van der Waals surface area contributed by atoms with Gasteiger partial charge in [-0.25, -0.2) is 4.98 Å². The van der Waals surface area contributed by atoms with Gasteiger partial charge in [-0.2, -0.15) is 0 Å². The zero-order chi connectivity index (χ0) is 12.7. The summed E-state index contributed by atoms with van der Waals surface area (Å²) >= 11 is 0. The summed E-state index contributed by atoms with van der Waals surface area (Å²) in [5, 5.41) is 4.60. The largest absolute Gasteiger partial charge is 0.346 e. The Kier molecular flexibility index (Phi) is 2.38. The molecule has 0 unspecified atom stereocenters. The normalized spacial score (nSPS) is 14.5. The van der Waals surface area contributed by atoms with E-state index in [1.165, 1.54) is 27.6 Å². The number of nitrogens with one attached hydrogen (secondary N) is 2. The van der Waals surface area contributed by atoms with Gasteiger partial charge in [-0.1, -0.05) is 18.2 Å². The number of hydrogen-bond donors (Lipinski definition) is 2. The first-order chi connectivity index (χ1) is 9.42. The third kappa shape index (κ3) is 1.74. The molecule has 0 atom stereocenters. The lowest BCUT2D eigenvalue weighted by Gasteiger charge is -2.18. The van der Waals surface area contributed by atoms with Crippen molar-refractivity contribution >= 4 is 11.0 Å². The molecule has 3 aromatic rings. The van der Waals surface area contributed by atoms with Crippen LogP contribution in [0.25, 0.3) is 22.2 Å². The van der Waals surface area contributed by atoms with Crippen LogP contribution in [-0.4, -0.2) is 16.5 Å². The molecule has 1 aromatic carbocycles. The van der Waals surface area contributed by atoms with Crippen molar-refractivity contribution in [2.45, 2.75) is 13.0 Å². The molecule has 3 heterocycles. The molecule has 0 bridgehead atoms. The van der Waals surface area contributed by atoms with Gasteiger partial charge in [0.1, 0.15) is 5.65 Å². The first-order valence-electron chi connectivity index (χ1n) is 6.67. The van der Waals surface area contributed by atoms with Crippen LogP contribution in [0.4, 0.5) is 0 Å². The highest BCUT2D eigenvalue weighted by Gasteiger charge is 2.11. The van der Waals surface area contributed by atoms with Crippen molar-refractivity contribution in [1.29, 1.82) is 0 Å². The highest BCUT2D eigenvalue weighted by atomic mass is 14.9. The van der Waals surface area contributed by atoms with Crippen LogP contribution >= 0.6 is 0 Å². The standard InChI is InChI=1S/C16H15N3/c1-2-13-10-17-6-3-11(13)9-12(1)14-4-7-18-16-15(14)5-8-19-16/h1-2,4-5,7-9,17H,3,6,10H2,(H,18,19). The number of benzene rings is 1. The van der Waals surface area contributed by atoms with Crippen LogP contribution in [0, 0.1) is 0 Å². The van der Waals surface area contributed by atoms with Gasteiger partial charge in [0.2, 0.25) is 0 Å². The molecule has 2 aromatic heterocycles. The smallest absolute Gasteiger partial charge is 0.137 e. The molecule has 1 aliphatic rings. The van der Waals surface area contributed by atoms with E-state index in [4.69, 9.17) is 0 Å². The van der Waals surface area contributed by atoms with E-state index in [9.17, 15) is 0 Å². The molecule has 0 aliphatic carbocycles. The monoisotopic (exact) mass is 249 g/mol. The molecule has 4 rings (SSSR count). The number of fused-ring (bicyclic) bond motifs is 2. The predicted molar refractivity (Wildman–Crippen MR) is 76.9 cm³/mol. The fourth-order valence-corrected chi connectivity index (χ4v) is 2.86. The molecule has 0 amide bonds. The summed E-state index contributed by atoms with van der Waals surface area (Å²) in [4.78, 5) is 7.52. The summed E-state index contributed by atoms with van der Waals surface area (Å²) in [7, 11) is 0.